The molecule has 0 bridgehead atoms. The van der Waals surface area contributed by atoms with Crippen molar-refractivity contribution in [2.75, 3.05) is 0 Å². The molecule has 1 aliphatic heterocycles. The van der Waals surface area contributed by atoms with Crippen LogP contribution in [0.15, 0.2) is 66.7 Å². The molecule has 0 saturated carbocycles. The molecule has 3 heteroatoms. The van der Waals surface area contributed by atoms with Crippen molar-refractivity contribution < 1.29 is 4.48 Å². The van der Waals surface area contributed by atoms with Crippen LogP contribution in [0, 0.1) is 48.5 Å². The van der Waals surface area contributed by atoms with Gasteiger partial charge in [0, 0.05) is 6.07 Å². The van der Waals surface area contributed by atoms with Crippen LogP contribution in [0.1, 0.15) is 44.5 Å². The van der Waals surface area contributed by atoms with E-state index >= 15 is 0 Å². The molecule has 2 heterocycles. The largest absolute Gasteiger partial charge is 0.395 e. The van der Waals surface area contributed by atoms with E-state index in [1.54, 1.807) is 0 Å². The number of rotatable bonds is 2. The molecule has 0 radical (unpaired) electrons. The molecule has 0 spiro atoms. The van der Waals surface area contributed by atoms with E-state index in [2.05, 4.69) is 120 Å². The van der Waals surface area contributed by atoms with E-state index in [9.17, 15) is 0 Å². The molecule has 0 unspecified atom stereocenters. The minimum absolute atomic E-state index is 1.00. The minimum atomic E-state index is -1.32. The van der Waals surface area contributed by atoms with E-state index in [1.165, 1.54) is 76.2 Å². The molecule has 0 aliphatic carbocycles. The van der Waals surface area contributed by atoms with E-state index in [1.807, 2.05) is 11.3 Å². The molecule has 1 aliphatic rings. The van der Waals surface area contributed by atoms with Gasteiger partial charge in [-0.25, -0.2) is 0 Å². The van der Waals surface area contributed by atoms with Crippen molar-refractivity contribution in [2.24, 2.45) is 0 Å². The molecule has 0 amide bonds. The highest BCUT2D eigenvalue weighted by molar-refractivity contribution is 7.21. The summed E-state index contributed by atoms with van der Waals surface area (Å²) in [7, 11) is 0. The lowest BCUT2D eigenvalue weighted by molar-refractivity contribution is -0.497. The number of para-hydroxylation sites is 1. The number of thiazole rings is 1. The average Bonchev–Trinajstić information content (AvgIpc) is 3.19. The molecular weight excluding hydrogens is 453 g/mol. The van der Waals surface area contributed by atoms with Gasteiger partial charge in [-0.2, -0.15) is 0 Å². The summed E-state index contributed by atoms with van der Waals surface area (Å²) in [5, 5.41) is 1.39. The lowest BCUT2D eigenvalue weighted by Crippen LogP contribution is -2.83. The van der Waals surface area contributed by atoms with Crippen LogP contribution in [-0.2, 0) is 6.32 Å². The summed E-state index contributed by atoms with van der Waals surface area (Å²) < 4.78 is 4.13. The highest BCUT2D eigenvalue weighted by Gasteiger charge is 2.50. The number of nitrogens with zero attached hydrogens (tertiary/aromatic N) is 1. The van der Waals surface area contributed by atoms with E-state index in [-0.39, 0.29) is 0 Å². The van der Waals surface area contributed by atoms with Gasteiger partial charge in [0.1, 0.15) is 0 Å². The Morgan fingerprint density at radius 3 is 1.78 bits per heavy atom. The molecule has 180 valence electrons. The molecule has 0 saturated heterocycles. The number of fused-ring (bicyclic) bond motifs is 5. The Morgan fingerprint density at radius 1 is 0.639 bits per heavy atom. The smallest absolute Gasteiger partial charge is 0.339 e. The maximum atomic E-state index is 2.77. The maximum Gasteiger partial charge on any atom is 0.339 e. The van der Waals surface area contributed by atoms with Gasteiger partial charge >= 0.3 is 6.28 Å². The van der Waals surface area contributed by atoms with Gasteiger partial charge in [-0.15, -0.1) is 10.9 Å². The highest BCUT2D eigenvalue weighted by atomic mass is 32.1. The van der Waals surface area contributed by atoms with Crippen LogP contribution in [0.4, 0.5) is 0 Å². The molecule has 5 aromatic rings. The quantitative estimate of drug-likeness (QED) is 0.244. The third-order valence-electron chi connectivity index (χ3n) is 8.43. The predicted molar refractivity (Wildman–Crippen MR) is 158 cm³/mol. The molecular formula is C33H34BNS. The zero-order chi connectivity index (χ0) is 25.4. The number of aryl methyl sites for hydroxylation is 7. The first-order valence-electron chi connectivity index (χ1n) is 13.1. The molecule has 1 aromatic heterocycles. The molecule has 1 nitrogen and oxygen atoms in total. The van der Waals surface area contributed by atoms with Crippen LogP contribution < -0.4 is 15.4 Å². The monoisotopic (exact) mass is 487 g/mol. The lowest BCUT2D eigenvalue weighted by Gasteiger charge is -2.43. The first kappa shape index (κ1) is 23.2. The van der Waals surface area contributed by atoms with E-state index < -0.39 is 6.28 Å². The highest BCUT2D eigenvalue weighted by Crippen LogP contribution is 2.38. The van der Waals surface area contributed by atoms with Crippen molar-refractivity contribution in [1.82, 2.24) is 0 Å². The standard InChI is InChI=1S/C33H34BNS/c1-20-12-13-27-19-34(31-23(4)14-21(2)15-24(31)5,32-25(6)16-22(3)17-26(32)7)35-29-10-8-9-11-30(29)36-33(35)28(27)18-20/h8-18H,19H2,1-7H3. The fraction of sp³-hybridized carbons (Fsp3) is 0.242. The van der Waals surface area contributed by atoms with Gasteiger partial charge in [0.2, 0.25) is 5.01 Å². The van der Waals surface area contributed by atoms with Crippen LogP contribution in [-0.4, -0.2) is 6.28 Å². The van der Waals surface area contributed by atoms with Gasteiger partial charge in [-0.3, -0.25) is 0 Å². The van der Waals surface area contributed by atoms with Gasteiger partial charge in [-0.05, 0) is 60.6 Å². The topological polar surface area (TPSA) is 3.88 Å². The molecule has 6 rings (SSSR count). The Balaban J connectivity index is 1.88. The Bertz CT molecular complexity index is 1590. The molecule has 4 aromatic carbocycles. The van der Waals surface area contributed by atoms with Crippen molar-refractivity contribution in [2.45, 2.75) is 54.8 Å². The van der Waals surface area contributed by atoms with Gasteiger partial charge < -0.3 is 4.48 Å². The Labute approximate surface area is 219 Å². The lowest BCUT2D eigenvalue weighted by atomic mass is 9.22. The summed E-state index contributed by atoms with van der Waals surface area (Å²) >= 11 is 1.95. The third kappa shape index (κ3) is 3.25. The molecule has 0 fully saturated rings. The summed E-state index contributed by atoms with van der Waals surface area (Å²) in [5.41, 5.74) is 16.8. The first-order valence-corrected chi connectivity index (χ1v) is 13.9. The number of aromatic nitrogens is 1. The zero-order valence-corrected chi connectivity index (χ0v) is 23.3. The van der Waals surface area contributed by atoms with Crippen molar-refractivity contribution in [3.63, 3.8) is 0 Å². The maximum absolute atomic E-state index is 2.77. The number of hydrogen-bond donors (Lipinski definition) is 0. The van der Waals surface area contributed by atoms with Gasteiger partial charge in [-0.1, -0.05) is 111 Å². The summed E-state index contributed by atoms with van der Waals surface area (Å²) in [6.45, 7) is 16.0. The van der Waals surface area contributed by atoms with Gasteiger partial charge in [0.25, 0.3) is 0 Å². The molecule has 0 atom stereocenters. The SMILES string of the molecule is Cc1cc(C)c([B-]2(c3c(C)cc(C)cc3C)Cc3ccc(C)cc3-c3sc4ccccc4[n+]32)c(C)c1. The van der Waals surface area contributed by atoms with Crippen molar-refractivity contribution in [3.8, 4) is 10.6 Å². The summed E-state index contributed by atoms with van der Waals surface area (Å²) in [6, 6.07) is 25.7. The summed E-state index contributed by atoms with van der Waals surface area (Å²) in [6.07, 6.45) is -0.319. The Hall–Kier alpha value is -3.17. The van der Waals surface area contributed by atoms with Gasteiger partial charge in [0.05, 0.1) is 10.3 Å². The predicted octanol–water partition coefficient (Wildman–Crippen LogP) is 6.72. The second-order valence-corrected chi connectivity index (χ2v) is 12.3. The van der Waals surface area contributed by atoms with Crippen molar-refractivity contribution >= 4 is 38.8 Å². The van der Waals surface area contributed by atoms with Crippen LogP contribution in [0.25, 0.3) is 20.8 Å². The zero-order valence-electron chi connectivity index (χ0n) is 22.5. The molecule has 0 N–H and O–H groups in total. The normalized spacial score (nSPS) is 14.1. The number of benzene rings is 4. The number of hydrogen-bond acceptors (Lipinski definition) is 1. The van der Waals surface area contributed by atoms with Gasteiger partial charge in [0.15, 0.2) is 5.52 Å². The van der Waals surface area contributed by atoms with Crippen LogP contribution >= 0.6 is 11.3 Å². The second kappa shape index (κ2) is 8.18. The van der Waals surface area contributed by atoms with E-state index in [0.29, 0.717) is 0 Å². The fourth-order valence-electron chi connectivity index (χ4n) is 7.60. The summed E-state index contributed by atoms with van der Waals surface area (Å²) in [5.74, 6) is 0. The van der Waals surface area contributed by atoms with E-state index in [4.69, 9.17) is 0 Å². The van der Waals surface area contributed by atoms with Crippen LogP contribution in [0.3, 0.4) is 0 Å². The fourth-order valence-corrected chi connectivity index (χ4v) is 8.90. The van der Waals surface area contributed by atoms with Crippen molar-refractivity contribution in [1.29, 1.82) is 0 Å². The van der Waals surface area contributed by atoms with Crippen molar-refractivity contribution in [3.05, 3.63) is 111 Å². The third-order valence-corrected chi connectivity index (χ3v) is 9.61. The van der Waals surface area contributed by atoms with Crippen LogP contribution in [0.5, 0.6) is 0 Å². The Morgan fingerprint density at radius 2 is 1.19 bits per heavy atom. The average molecular weight is 488 g/mol. The summed E-state index contributed by atoms with van der Waals surface area (Å²) in [4.78, 5) is 0. The minimum Gasteiger partial charge on any atom is -0.395 e. The van der Waals surface area contributed by atoms with Crippen LogP contribution in [0.2, 0.25) is 0 Å². The molecule has 36 heavy (non-hydrogen) atoms. The first-order chi connectivity index (χ1) is 17.2. The second-order valence-electron chi connectivity index (χ2n) is 11.2. The van der Waals surface area contributed by atoms with E-state index in [0.717, 1.165) is 6.32 Å². The Kier molecular flexibility index (Phi) is 5.28.